The molecule has 0 aromatic heterocycles. The van der Waals surface area contributed by atoms with Gasteiger partial charge in [-0.3, -0.25) is 4.72 Å². The van der Waals surface area contributed by atoms with Crippen molar-refractivity contribution < 1.29 is 64.4 Å². The van der Waals surface area contributed by atoms with Crippen LogP contribution in [0.5, 0.6) is 0 Å². The number of rotatable bonds is 2. The van der Waals surface area contributed by atoms with Gasteiger partial charge in [0.2, 0.25) is 0 Å². The van der Waals surface area contributed by atoms with Crippen LogP contribution in [0.2, 0.25) is 0 Å². The van der Waals surface area contributed by atoms with Crippen molar-refractivity contribution in [3.8, 4) is 0 Å². The molecule has 0 spiro atoms. The molecule has 0 saturated heterocycles. The summed E-state index contributed by atoms with van der Waals surface area (Å²) in [5, 5.41) is 0. The summed E-state index contributed by atoms with van der Waals surface area (Å²) in [6.07, 6.45) is 4.31. The van der Waals surface area contributed by atoms with Crippen LogP contribution in [-0.4, -0.2) is 13.0 Å². The first kappa shape index (κ1) is 14.6. The SMILES string of the molecule is O=S(=O)([O-])Nc1ccc2c(c1)CCCC2.[K+]. The molecule has 0 atom stereocenters. The van der Waals surface area contributed by atoms with Crippen LogP contribution in [-0.2, 0) is 23.1 Å². The van der Waals surface area contributed by atoms with E-state index in [0.717, 1.165) is 24.8 Å². The fourth-order valence-corrected chi connectivity index (χ4v) is 2.36. The fraction of sp³-hybridized carbons (Fsp3) is 0.400. The van der Waals surface area contributed by atoms with E-state index in [-0.39, 0.29) is 51.4 Å². The summed E-state index contributed by atoms with van der Waals surface area (Å²) in [7, 11) is -4.40. The maximum Gasteiger partial charge on any atom is 1.00 e. The van der Waals surface area contributed by atoms with E-state index >= 15 is 0 Å². The molecule has 2 rings (SSSR count). The Morgan fingerprint density at radius 3 is 2.38 bits per heavy atom. The van der Waals surface area contributed by atoms with E-state index in [1.165, 1.54) is 12.0 Å². The number of hydrogen-bond donors (Lipinski definition) is 1. The van der Waals surface area contributed by atoms with Gasteiger partial charge >= 0.3 is 51.4 Å². The van der Waals surface area contributed by atoms with Gasteiger partial charge < -0.3 is 4.55 Å². The molecule has 0 bridgehead atoms. The minimum atomic E-state index is -4.40. The van der Waals surface area contributed by atoms with Gasteiger partial charge in [0, 0.05) is 5.69 Å². The molecule has 0 aliphatic heterocycles. The van der Waals surface area contributed by atoms with Crippen LogP contribution in [0, 0.1) is 0 Å². The first-order chi connectivity index (χ1) is 7.04. The van der Waals surface area contributed by atoms with Gasteiger partial charge in [0.1, 0.15) is 0 Å². The molecule has 0 unspecified atom stereocenters. The van der Waals surface area contributed by atoms with Gasteiger partial charge in [-0.15, -0.1) is 0 Å². The van der Waals surface area contributed by atoms with E-state index in [9.17, 15) is 13.0 Å². The van der Waals surface area contributed by atoms with Crippen molar-refractivity contribution in [1.29, 1.82) is 0 Å². The van der Waals surface area contributed by atoms with Gasteiger partial charge in [-0.1, -0.05) is 6.07 Å². The van der Waals surface area contributed by atoms with Crippen molar-refractivity contribution in [2.75, 3.05) is 4.72 Å². The quantitative estimate of drug-likeness (QED) is 0.519. The van der Waals surface area contributed by atoms with E-state index in [1.54, 1.807) is 12.1 Å². The Morgan fingerprint density at radius 2 is 1.75 bits per heavy atom. The van der Waals surface area contributed by atoms with Crippen LogP contribution in [0.15, 0.2) is 18.2 Å². The zero-order valence-corrected chi connectivity index (χ0v) is 13.1. The van der Waals surface area contributed by atoms with Gasteiger partial charge in [0.25, 0.3) is 0 Å². The molecule has 1 aliphatic rings. The topological polar surface area (TPSA) is 69.2 Å². The third-order valence-corrected chi connectivity index (χ3v) is 3.08. The van der Waals surface area contributed by atoms with Crippen molar-refractivity contribution >= 4 is 16.0 Å². The minimum absolute atomic E-state index is 0. The van der Waals surface area contributed by atoms with Gasteiger partial charge in [-0.05, 0) is 48.9 Å². The number of nitrogens with one attached hydrogen (secondary N) is 1. The van der Waals surface area contributed by atoms with Crippen molar-refractivity contribution in [3.63, 3.8) is 0 Å². The van der Waals surface area contributed by atoms with Gasteiger partial charge in [0.15, 0.2) is 10.3 Å². The average molecular weight is 265 g/mol. The summed E-state index contributed by atoms with van der Waals surface area (Å²) < 4.78 is 33.5. The third-order valence-electron chi connectivity index (χ3n) is 2.59. The van der Waals surface area contributed by atoms with Gasteiger partial charge in [0.05, 0.1) is 0 Å². The first-order valence-electron chi connectivity index (χ1n) is 4.90. The Labute approximate surface area is 138 Å². The van der Waals surface area contributed by atoms with Gasteiger partial charge in [-0.2, -0.15) is 0 Å². The smallest absolute Gasteiger partial charge is 0.731 e. The predicted octanol–water partition coefficient (Wildman–Crippen LogP) is -1.56. The molecule has 1 aromatic rings. The molecular formula is C10H12KNO3S. The van der Waals surface area contributed by atoms with Crippen molar-refractivity contribution in [2.45, 2.75) is 25.7 Å². The molecule has 1 aliphatic carbocycles. The number of benzene rings is 1. The van der Waals surface area contributed by atoms with Crippen LogP contribution in [0.25, 0.3) is 0 Å². The summed E-state index contributed by atoms with van der Waals surface area (Å²) >= 11 is 0. The number of anilines is 1. The third kappa shape index (κ3) is 4.10. The van der Waals surface area contributed by atoms with E-state index in [2.05, 4.69) is 0 Å². The molecule has 16 heavy (non-hydrogen) atoms. The van der Waals surface area contributed by atoms with E-state index in [0.29, 0.717) is 5.69 Å². The Morgan fingerprint density at radius 1 is 1.12 bits per heavy atom. The molecule has 1 aromatic carbocycles. The molecule has 0 heterocycles. The molecule has 0 saturated carbocycles. The number of fused-ring (bicyclic) bond motifs is 1. The van der Waals surface area contributed by atoms with Gasteiger partial charge in [-0.25, -0.2) is 8.42 Å². The van der Waals surface area contributed by atoms with Crippen molar-refractivity contribution in [3.05, 3.63) is 29.3 Å². The molecule has 4 nitrogen and oxygen atoms in total. The Bertz CT molecular complexity index is 473. The normalized spacial score (nSPS) is 14.8. The summed E-state index contributed by atoms with van der Waals surface area (Å²) in [6, 6.07) is 5.28. The Balaban J connectivity index is 0.00000128. The summed E-state index contributed by atoms with van der Waals surface area (Å²) in [5.74, 6) is 0. The largest absolute Gasteiger partial charge is 1.00 e. The van der Waals surface area contributed by atoms with Crippen LogP contribution in [0.3, 0.4) is 0 Å². The van der Waals surface area contributed by atoms with Crippen molar-refractivity contribution in [2.24, 2.45) is 0 Å². The van der Waals surface area contributed by atoms with Crippen LogP contribution in [0.4, 0.5) is 5.69 Å². The summed E-state index contributed by atoms with van der Waals surface area (Å²) in [4.78, 5) is 0. The number of hydrogen-bond acceptors (Lipinski definition) is 3. The Hall–Kier alpha value is 0.566. The molecule has 82 valence electrons. The summed E-state index contributed by atoms with van der Waals surface area (Å²) in [5.41, 5.74) is 2.77. The second kappa shape index (κ2) is 5.95. The fourth-order valence-electron chi connectivity index (χ4n) is 1.94. The monoisotopic (exact) mass is 265 g/mol. The van der Waals surface area contributed by atoms with E-state index in [1.807, 2.05) is 10.8 Å². The minimum Gasteiger partial charge on any atom is -0.731 e. The Kier molecular flexibility index (Phi) is 5.44. The zero-order chi connectivity index (χ0) is 10.9. The van der Waals surface area contributed by atoms with Crippen molar-refractivity contribution in [1.82, 2.24) is 0 Å². The second-order valence-corrected chi connectivity index (χ2v) is 4.86. The molecule has 0 fully saturated rings. The zero-order valence-electron chi connectivity index (χ0n) is 9.19. The molecular weight excluding hydrogens is 253 g/mol. The summed E-state index contributed by atoms with van der Waals surface area (Å²) in [6.45, 7) is 0. The van der Waals surface area contributed by atoms with E-state index in [4.69, 9.17) is 0 Å². The standard InChI is InChI=1S/C10H13NO3S.K/c12-15(13,14)11-10-6-5-8-3-1-2-4-9(8)7-10;/h5-7,11H,1-4H2,(H,12,13,14);/q;+1/p-1. The molecule has 0 radical (unpaired) electrons. The van der Waals surface area contributed by atoms with Crippen LogP contribution >= 0.6 is 0 Å². The maximum atomic E-state index is 10.5. The average Bonchev–Trinajstić information content (AvgIpc) is 2.15. The first-order valence-corrected chi connectivity index (χ1v) is 6.31. The molecule has 0 amide bonds. The van der Waals surface area contributed by atoms with E-state index < -0.39 is 10.3 Å². The molecule has 6 heteroatoms. The van der Waals surface area contributed by atoms with Crippen LogP contribution < -0.4 is 56.1 Å². The van der Waals surface area contributed by atoms with Crippen LogP contribution in [0.1, 0.15) is 24.0 Å². The second-order valence-electron chi connectivity index (χ2n) is 3.75. The number of aryl methyl sites for hydroxylation is 2. The maximum absolute atomic E-state index is 10.5. The molecule has 1 N–H and O–H groups in total. The predicted molar refractivity (Wildman–Crippen MR) is 56.4 cm³/mol.